The Kier molecular flexibility index (Phi) is 7.08. The van der Waals surface area contributed by atoms with Gasteiger partial charge in [-0.3, -0.25) is 0 Å². The van der Waals surface area contributed by atoms with Gasteiger partial charge in [-0.15, -0.1) is 0 Å². The molecule has 0 atom stereocenters. The predicted molar refractivity (Wildman–Crippen MR) is 98.2 cm³/mol. The molecule has 0 aliphatic rings. The topological polar surface area (TPSA) is 98.0 Å². The Hall–Kier alpha value is -3.66. The average Bonchev–Trinajstić information content (AvgIpc) is 2.69. The quantitative estimate of drug-likeness (QED) is 0.412. The van der Waals surface area contributed by atoms with Crippen LogP contribution in [0, 0.1) is 11.3 Å². The first-order valence-electron chi connectivity index (χ1n) is 8.00. The lowest BCUT2D eigenvalue weighted by molar-refractivity contribution is -0.132. The third kappa shape index (κ3) is 5.68. The number of carboxylic acid groups (broad SMARTS) is 1. The molecule has 140 valence electrons. The van der Waals surface area contributed by atoms with Gasteiger partial charge in [0.15, 0.2) is 11.5 Å². The summed E-state index contributed by atoms with van der Waals surface area (Å²) >= 11 is 0. The van der Waals surface area contributed by atoms with Crippen LogP contribution in [0.3, 0.4) is 0 Å². The van der Waals surface area contributed by atoms with Crippen molar-refractivity contribution in [1.82, 2.24) is 0 Å². The van der Waals surface area contributed by atoms with E-state index in [1.807, 2.05) is 18.2 Å². The minimum Gasteiger partial charge on any atom is -0.497 e. The van der Waals surface area contributed by atoms with Gasteiger partial charge in [0, 0.05) is 6.07 Å². The summed E-state index contributed by atoms with van der Waals surface area (Å²) in [5, 5.41) is 17.8. The third-order valence-electron chi connectivity index (χ3n) is 3.50. The normalized spacial score (nSPS) is 10.6. The summed E-state index contributed by atoms with van der Waals surface area (Å²) in [5.41, 5.74) is 0.144. The number of benzene rings is 2. The van der Waals surface area contributed by atoms with Gasteiger partial charge in [-0.25, -0.2) is 4.79 Å². The lowest BCUT2D eigenvalue weighted by atomic mass is 10.1. The maximum atomic E-state index is 11.0. The smallest absolute Gasteiger partial charge is 0.346 e. The Morgan fingerprint density at radius 3 is 2.44 bits per heavy atom. The lowest BCUT2D eigenvalue weighted by Gasteiger charge is -2.12. The molecule has 0 amide bonds. The summed E-state index contributed by atoms with van der Waals surface area (Å²) in [6.07, 6.45) is 1.27. The van der Waals surface area contributed by atoms with E-state index in [4.69, 9.17) is 29.3 Å². The number of hydrogen-bond donors (Lipinski definition) is 1. The van der Waals surface area contributed by atoms with E-state index in [0.29, 0.717) is 28.6 Å². The van der Waals surface area contributed by atoms with Crippen LogP contribution in [-0.4, -0.2) is 38.5 Å². The Morgan fingerprint density at radius 1 is 1.04 bits per heavy atom. The molecule has 2 aromatic rings. The highest BCUT2D eigenvalue weighted by atomic mass is 16.5. The number of carboxylic acids is 1. The van der Waals surface area contributed by atoms with Crippen LogP contribution in [0.2, 0.25) is 0 Å². The van der Waals surface area contributed by atoms with Gasteiger partial charge in [0.25, 0.3) is 0 Å². The molecule has 0 aliphatic carbocycles. The Balaban J connectivity index is 2.03. The fraction of sp³-hybridized carbons (Fsp3) is 0.200. The molecular formula is C20H19NO6. The number of carbonyl (C=O) groups is 1. The minimum absolute atomic E-state index is 0.241. The highest BCUT2D eigenvalue weighted by Gasteiger charge is 2.09. The molecule has 0 aliphatic heterocycles. The first-order valence-corrected chi connectivity index (χ1v) is 8.00. The number of hydrogen-bond acceptors (Lipinski definition) is 6. The number of rotatable bonds is 9. The van der Waals surface area contributed by atoms with Crippen LogP contribution in [0.15, 0.2) is 48.0 Å². The molecule has 0 saturated heterocycles. The summed E-state index contributed by atoms with van der Waals surface area (Å²) in [6.45, 7) is 0.528. The highest BCUT2D eigenvalue weighted by molar-refractivity contribution is 5.96. The van der Waals surface area contributed by atoms with Gasteiger partial charge in [-0.2, -0.15) is 5.26 Å². The Bertz CT molecular complexity index is 869. The molecule has 1 N–H and O–H groups in total. The predicted octanol–water partition coefficient (Wildman–Crippen LogP) is 3.15. The van der Waals surface area contributed by atoms with E-state index in [9.17, 15) is 4.79 Å². The maximum Gasteiger partial charge on any atom is 0.346 e. The van der Waals surface area contributed by atoms with Crippen LogP contribution in [-0.2, 0) is 4.79 Å². The number of methoxy groups -OCH3 is 2. The molecule has 0 unspecified atom stereocenters. The van der Waals surface area contributed by atoms with E-state index in [1.54, 1.807) is 37.4 Å². The van der Waals surface area contributed by atoms with Crippen molar-refractivity contribution in [3.05, 3.63) is 53.6 Å². The number of nitrogens with zero attached hydrogens (tertiary/aromatic N) is 1. The van der Waals surface area contributed by atoms with Crippen molar-refractivity contribution in [2.75, 3.05) is 27.4 Å². The minimum atomic E-state index is -1.29. The molecule has 0 radical (unpaired) electrons. The first kappa shape index (κ1) is 19.7. The van der Waals surface area contributed by atoms with E-state index in [0.717, 1.165) is 0 Å². The Morgan fingerprint density at radius 2 is 1.78 bits per heavy atom. The van der Waals surface area contributed by atoms with E-state index < -0.39 is 5.97 Å². The van der Waals surface area contributed by atoms with Crippen LogP contribution in [0.4, 0.5) is 0 Å². The molecule has 7 nitrogen and oxygen atoms in total. The third-order valence-corrected chi connectivity index (χ3v) is 3.50. The lowest BCUT2D eigenvalue weighted by Crippen LogP contribution is -2.09. The number of nitriles is 1. The summed E-state index contributed by atoms with van der Waals surface area (Å²) in [7, 11) is 3.08. The molecule has 0 bridgehead atoms. The Labute approximate surface area is 157 Å². The largest absolute Gasteiger partial charge is 0.497 e. The zero-order chi connectivity index (χ0) is 19.6. The van der Waals surface area contributed by atoms with Gasteiger partial charge in [-0.05, 0) is 35.9 Å². The molecule has 0 heterocycles. The first-order chi connectivity index (χ1) is 13.1. The van der Waals surface area contributed by atoms with E-state index >= 15 is 0 Å². The zero-order valence-electron chi connectivity index (χ0n) is 15.0. The molecule has 0 aromatic heterocycles. The highest BCUT2D eigenvalue weighted by Crippen LogP contribution is 2.29. The van der Waals surface area contributed by atoms with Gasteiger partial charge >= 0.3 is 5.97 Å². The van der Waals surface area contributed by atoms with Crippen LogP contribution >= 0.6 is 0 Å². The second-order valence-corrected chi connectivity index (χ2v) is 5.26. The second-order valence-electron chi connectivity index (χ2n) is 5.26. The van der Waals surface area contributed by atoms with Crippen molar-refractivity contribution in [1.29, 1.82) is 5.26 Å². The standard InChI is InChI=1S/C20H19NO6/c1-24-16-4-3-5-17(12-16)26-8-9-27-19-11-14(6-7-18(19)25-2)10-15(13-21)20(22)23/h3-7,10-12H,8-9H2,1-2H3,(H,22,23). The fourth-order valence-corrected chi connectivity index (χ4v) is 2.21. The van der Waals surface area contributed by atoms with Crippen molar-refractivity contribution in [2.45, 2.75) is 0 Å². The van der Waals surface area contributed by atoms with Crippen LogP contribution < -0.4 is 18.9 Å². The summed E-state index contributed by atoms with van der Waals surface area (Å²) in [6, 6.07) is 13.7. The van der Waals surface area contributed by atoms with Crippen molar-refractivity contribution >= 4 is 12.0 Å². The summed E-state index contributed by atoms with van der Waals surface area (Å²) in [4.78, 5) is 11.0. The molecule has 0 spiro atoms. The molecular weight excluding hydrogens is 350 g/mol. The van der Waals surface area contributed by atoms with Gasteiger partial charge in [0.1, 0.15) is 36.4 Å². The molecule has 7 heteroatoms. The van der Waals surface area contributed by atoms with Gasteiger partial charge in [0.05, 0.1) is 14.2 Å². The van der Waals surface area contributed by atoms with Crippen molar-refractivity contribution < 1.29 is 28.8 Å². The fourth-order valence-electron chi connectivity index (χ4n) is 2.21. The molecule has 0 saturated carbocycles. The van der Waals surface area contributed by atoms with Crippen LogP contribution in [0.25, 0.3) is 6.08 Å². The zero-order valence-corrected chi connectivity index (χ0v) is 15.0. The average molecular weight is 369 g/mol. The number of ether oxygens (including phenoxy) is 4. The van der Waals surface area contributed by atoms with Crippen molar-refractivity contribution in [3.8, 4) is 29.1 Å². The van der Waals surface area contributed by atoms with Gasteiger partial charge < -0.3 is 24.1 Å². The van der Waals surface area contributed by atoms with Crippen LogP contribution in [0.5, 0.6) is 23.0 Å². The SMILES string of the molecule is COc1cccc(OCCOc2cc(C=C(C#N)C(=O)O)ccc2OC)c1. The molecule has 27 heavy (non-hydrogen) atoms. The summed E-state index contributed by atoms with van der Waals surface area (Å²) < 4.78 is 21.7. The maximum absolute atomic E-state index is 11.0. The van der Waals surface area contributed by atoms with Crippen molar-refractivity contribution in [3.63, 3.8) is 0 Å². The van der Waals surface area contributed by atoms with E-state index in [1.165, 1.54) is 13.2 Å². The van der Waals surface area contributed by atoms with Gasteiger partial charge in [-0.1, -0.05) is 12.1 Å². The monoisotopic (exact) mass is 369 g/mol. The van der Waals surface area contributed by atoms with Crippen LogP contribution in [0.1, 0.15) is 5.56 Å². The second kappa shape index (κ2) is 9.73. The summed E-state index contributed by atoms with van der Waals surface area (Å²) in [5.74, 6) is 0.969. The molecule has 2 aromatic carbocycles. The van der Waals surface area contributed by atoms with E-state index in [2.05, 4.69) is 0 Å². The van der Waals surface area contributed by atoms with E-state index in [-0.39, 0.29) is 18.8 Å². The van der Waals surface area contributed by atoms with Gasteiger partial charge in [0.2, 0.25) is 0 Å². The number of aliphatic carboxylic acids is 1. The molecule has 2 rings (SSSR count). The van der Waals surface area contributed by atoms with Crippen molar-refractivity contribution in [2.24, 2.45) is 0 Å². The molecule has 0 fully saturated rings.